The van der Waals surface area contributed by atoms with E-state index in [1.54, 1.807) is 0 Å². The van der Waals surface area contributed by atoms with Gasteiger partial charge in [-0.25, -0.2) is 0 Å². The first kappa shape index (κ1) is 11.6. The van der Waals surface area contributed by atoms with Crippen molar-refractivity contribution in [2.24, 2.45) is 0 Å². The van der Waals surface area contributed by atoms with Gasteiger partial charge in [0.2, 0.25) is 0 Å². The van der Waals surface area contributed by atoms with Crippen molar-refractivity contribution in [3.63, 3.8) is 0 Å². The van der Waals surface area contributed by atoms with Gasteiger partial charge in [0.1, 0.15) is 0 Å². The van der Waals surface area contributed by atoms with Gasteiger partial charge in [0.15, 0.2) is 0 Å². The number of aliphatic hydroxyl groups is 1. The average molecular weight is 239 g/mol. The van der Waals surface area contributed by atoms with E-state index in [9.17, 15) is 9.90 Å². The third-order valence-electron chi connectivity index (χ3n) is 3.21. The minimum atomic E-state index is -0.667. The Morgan fingerprint density at radius 3 is 2.75 bits per heavy atom. The molecular weight excluding hydrogens is 222 g/mol. The van der Waals surface area contributed by atoms with Gasteiger partial charge in [-0.3, -0.25) is 4.79 Å². The summed E-state index contributed by atoms with van der Waals surface area (Å²) >= 11 is 1.53. The van der Waals surface area contributed by atoms with Gasteiger partial charge >= 0.3 is 0 Å². The molecule has 4 heteroatoms. The number of aryl methyl sites for hydroxylation is 1. The quantitative estimate of drug-likeness (QED) is 0.848. The highest BCUT2D eigenvalue weighted by molar-refractivity contribution is 7.08. The van der Waals surface area contributed by atoms with Crippen LogP contribution < -0.4 is 5.32 Å². The molecule has 1 amide bonds. The van der Waals surface area contributed by atoms with Crippen molar-refractivity contribution in [3.8, 4) is 0 Å². The molecule has 1 heterocycles. The van der Waals surface area contributed by atoms with Gasteiger partial charge in [-0.1, -0.05) is 12.8 Å². The van der Waals surface area contributed by atoms with Gasteiger partial charge in [-0.15, -0.1) is 0 Å². The zero-order valence-corrected chi connectivity index (χ0v) is 10.3. The minimum absolute atomic E-state index is 0.0703. The first-order valence-corrected chi connectivity index (χ1v) is 6.58. The Morgan fingerprint density at radius 2 is 2.19 bits per heavy atom. The number of amides is 1. The molecule has 0 aromatic carbocycles. The summed E-state index contributed by atoms with van der Waals surface area (Å²) in [6, 6.07) is 0. The van der Waals surface area contributed by atoms with Crippen molar-refractivity contribution >= 4 is 17.2 Å². The van der Waals surface area contributed by atoms with Crippen molar-refractivity contribution in [2.75, 3.05) is 6.54 Å². The lowest BCUT2D eigenvalue weighted by molar-refractivity contribution is 0.0449. The zero-order valence-electron chi connectivity index (χ0n) is 9.45. The maximum absolute atomic E-state index is 11.8. The first-order chi connectivity index (χ1) is 7.61. The molecular formula is C12H17NO2S. The maximum atomic E-state index is 11.8. The van der Waals surface area contributed by atoms with Crippen LogP contribution in [0.25, 0.3) is 0 Å². The monoisotopic (exact) mass is 239 g/mol. The van der Waals surface area contributed by atoms with E-state index >= 15 is 0 Å². The first-order valence-electron chi connectivity index (χ1n) is 5.64. The van der Waals surface area contributed by atoms with Crippen LogP contribution in [0, 0.1) is 6.92 Å². The van der Waals surface area contributed by atoms with Crippen molar-refractivity contribution in [3.05, 3.63) is 21.9 Å². The molecule has 16 heavy (non-hydrogen) atoms. The molecule has 0 radical (unpaired) electrons. The van der Waals surface area contributed by atoms with E-state index in [1.165, 1.54) is 11.3 Å². The van der Waals surface area contributed by atoms with Crippen molar-refractivity contribution in [2.45, 2.75) is 38.2 Å². The Morgan fingerprint density at radius 1 is 1.50 bits per heavy atom. The largest absolute Gasteiger partial charge is 0.388 e. The standard InChI is InChI=1S/C12H17NO2S/c1-9-6-16-7-10(9)11(14)13-8-12(15)4-2-3-5-12/h6-7,15H,2-5,8H2,1H3,(H,13,14). The highest BCUT2D eigenvalue weighted by Gasteiger charge is 2.31. The molecule has 0 unspecified atom stereocenters. The summed E-state index contributed by atoms with van der Waals surface area (Å²) in [5.74, 6) is -0.0703. The van der Waals surface area contributed by atoms with Crippen LogP contribution in [0.1, 0.15) is 41.6 Å². The number of carbonyl (C=O) groups is 1. The van der Waals surface area contributed by atoms with Crippen molar-refractivity contribution < 1.29 is 9.90 Å². The summed E-state index contributed by atoms with van der Waals surface area (Å²) in [5.41, 5.74) is 1.06. The third-order valence-corrected chi connectivity index (χ3v) is 4.07. The molecule has 0 atom stereocenters. The molecule has 2 rings (SSSR count). The molecule has 1 aromatic rings. The average Bonchev–Trinajstić information content (AvgIpc) is 2.85. The summed E-state index contributed by atoms with van der Waals surface area (Å²) in [5, 5.41) is 16.7. The highest BCUT2D eigenvalue weighted by atomic mass is 32.1. The second-order valence-corrected chi connectivity index (χ2v) is 5.33. The van der Waals surface area contributed by atoms with E-state index in [0.29, 0.717) is 6.54 Å². The molecule has 2 N–H and O–H groups in total. The summed E-state index contributed by atoms with van der Waals surface area (Å²) in [4.78, 5) is 11.8. The molecule has 1 aromatic heterocycles. The molecule has 0 spiro atoms. The Labute approximate surface area is 99.5 Å². The van der Waals surface area contributed by atoms with E-state index in [1.807, 2.05) is 17.7 Å². The third kappa shape index (κ3) is 2.44. The van der Waals surface area contributed by atoms with Crippen LogP contribution in [0.15, 0.2) is 10.8 Å². The molecule has 1 saturated carbocycles. The van der Waals surface area contributed by atoms with Crippen molar-refractivity contribution in [1.82, 2.24) is 5.32 Å². The second-order valence-electron chi connectivity index (χ2n) is 4.58. The molecule has 1 aliphatic carbocycles. The predicted molar refractivity (Wildman–Crippen MR) is 64.8 cm³/mol. The van der Waals surface area contributed by atoms with Crippen LogP contribution >= 0.6 is 11.3 Å². The molecule has 0 bridgehead atoms. The molecule has 1 aliphatic rings. The van der Waals surface area contributed by atoms with E-state index < -0.39 is 5.60 Å². The summed E-state index contributed by atoms with van der Waals surface area (Å²) < 4.78 is 0. The van der Waals surface area contributed by atoms with Gasteiger partial charge in [0.05, 0.1) is 11.2 Å². The number of thiophene rings is 1. The molecule has 88 valence electrons. The Hall–Kier alpha value is -0.870. The maximum Gasteiger partial charge on any atom is 0.252 e. The van der Waals surface area contributed by atoms with E-state index in [4.69, 9.17) is 0 Å². The number of rotatable bonds is 3. The van der Waals surface area contributed by atoms with Gasteiger partial charge in [0, 0.05) is 11.9 Å². The number of carbonyl (C=O) groups excluding carboxylic acids is 1. The Balaban J connectivity index is 1.91. The van der Waals surface area contributed by atoms with Gasteiger partial charge in [-0.2, -0.15) is 11.3 Å². The van der Waals surface area contributed by atoms with Crippen LogP contribution in [0.4, 0.5) is 0 Å². The highest BCUT2D eigenvalue weighted by Crippen LogP contribution is 2.28. The van der Waals surface area contributed by atoms with Crippen LogP contribution in [0.5, 0.6) is 0 Å². The fourth-order valence-corrected chi connectivity index (χ4v) is 2.97. The second kappa shape index (κ2) is 4.55. The van der Waals surface area contributed by atoms with E-state index in [0.717, 1.165) is 36.8 Å². The summed E-state index contributed by atoms with van der Waals surface area (Å²) in [7, 11) is 0. The SMILES string of the molecule is Cc1cscc1C(=O)NCC1(O)CCCC1. The molecule has 3 nitrogen and oxygen atoms in total. The van der Waals surface area contributed by atoms with Crippen LogP contribution in [-0.4, -0.2) is 23.2 Å². The zero-order chi connectivity index (χ0) is 11.6. The fraction of sp³-hybridized carbons (Fsp3) is 0.583. The lowest BCUT2D eigenvalue weighted by Crippen LogP contribution is -2.40. The Kier molecular flexibility index (Phi) is 3.30. The number of hydrogen-bond donors (Lipinski definition) is 2. The molecule has 1 fully saturated rings. The van der Waals surface area contributed by atoms with Gasteiger partial charge < -0.3 is 10.4 Å². The summed E-state index contributed by atoms with van der Waals surface area (Å²) in [6.45, 7) is 2.30. The number of nitrogens with one attached hydrogen (secondary N) is 1. The van der Waals surface area contributed by atoms with E-state index in [2.05, 4.69) is 5.32 Å². The Bertz CT molecular complexity index is 380. The number of hydrogen-bond acceptors (Lipinski definition) is 3. The lowest BCUT2D eigenvalue weighted by atomic mass is 10.0. The van der Waals surface area contributed by atoms with Crippen LogP contribution in [-0.2, 0) is 0 Å². The summed E-state index contributed by atoms with van der Waals surface area (Å²) in [6.07, 6.45) is 3.72. The molecule has 0 aliphatic heterocycles. The van der Waals surface area contributed by atoms with Gasteiger partial charge in [0.25, 0.3) is 5.91 Å². The smallest absolute Gasteiger partial charge is 0.252 e. The lowest BCUT2D eigenvalue weighted by Gasteiger charge is -2.22. The minimum Gasteiger partial charge on any atom is -0.388 e. The van der Waals surface area contributed by atoms with Crippen LogP contribution in [0.2, 0.25) is 0 Å². The topological polar surface area (TPSA) is 49.3 Å². The van der Waals surface area contributed by atoms with E-state index in [-0.39, 0.29) is 5.91 Å². The normalized spacial score (nSPS) is 18.6. The van der Waals surface area contributed by atoms with Gasteiger partial charge in [-0.05, 0) is 30.7 Å². The fourth-order valence-electron chi connectivity index (χ4n) is 2.14. The van der Waals surface area contributed by atoms with Crippen molar-refractivity contribution in [1.29, 1.82) is 0 Å². The predicted octanol–water partition coefficient (Wildman–Crippen LogP) is 2.09. The molecule has 0 saturated heterocycles. The van der Waals surface area contributed by atoms with Crippen LogP contribution in [0.3, 0.4) is 0 Å².